The van der Waals surface area contributed by atoms with E-state index >= 15 is 0 Å². The molecule has 0 bridgehead atoms. The SMILES string of the molecule is CC(NC(=O)c1cccc(N)c1Br)c1ccccc1Cl. The molecule has 20 heavy (non-hydrogen) atoms. The Kier molecular flexibility index (Phi) is 4.68. The zero-order chi connectivity index (χ0) is 14.7. The van der Waals surface area contributed by atoms with Crippen LogP contribution in [0, 0.1) is 0 Å². The summed E-state index contributed by atoms with van der Waals surface area (Å²) in [4.78, 5) is 12.3. The van der Waals surface area contributed by atoms with Gasteiger partial charge in [0.2, 0.25) is 0 Å². The summed E-state index contributed by atoms with van der Waals surface area (Å²) < 4.78 is 0.601. The van der Waals surface area contributed by atoms with E-state index in [9.17, 15) is 4.79 Å². The molecule has 0 saturated heterocycles. The monoisotopic (exact) mass is 352 g/mol. The fourth-order valence-corrected chi connectivity index (χ4v) is 2.65. The van der Waals surface area contributed by atoms with Gasteiger partial charge in [0.1, 0.15) is 0 Å². The van der Waals surface area contributed by atoms with Crippen LogP contribution in [0.25, 0.3) is 0 Å². The average molecular weight is 354 g/mol. The second-order valence-corrected chi connectivity index (χ2v) is 5.63. The zero-order valence-electron chi connectivity index (χ0n) is 10.9. The van der Waals surface area contributed by atoms with E-state index in [4.69, 9.17) is 17.3 Å². The molecule has 0 heterocycles. The van der Waals surface area contributed by atoms with Crippen LogP contribution >= 0.6 is 27.5 Å². The Balaban J connectivity index is 2.20. The van der Waals surface area contributed by atoms with Crippen molar-refractivity contribution in [2.45, 2.75) is 13.0 Å². The predicted molar refractivity (Wildman–Crippen MR) is 85.9 cm³/mol. The maximum absolute atomic E-state index is 12.3. The lowest BCUT2D eigenvalue weighted by molar-refractivity contribution is 0.0939. The molecular weight excluding hydrogens is 340 g/mol. The molecule has 3 nitrogen and oxygen atoms in total. The summed E-state index contributed by atoms with van der Waals surface area (Å²) in [5.74, 6) is -0.198. The van der Waals surface area contributed by atoms with Crippen LogP contribution in [0.2, 0.25) is 5.02 Å². The van der Waals surface area contributed by atoms with Gasteiger partial charge in [0.25, 0.3) is 5.91 Å². The van der Waals surface area contributed by atoms with Crippen molar-refractivity contribution in [1.82, 2.24) is 5.32 Å². The molecule has 2 aromatic rings. The van der Waals surface area contributed by atoms with E-state index < -0.39 is 0 Å². The lowest BCUT2D eigenvalue weighted by atomic mass is 10.1. The number of hydrogen-bond acceptors (Lipinski definition) is 2. The third-order valence-corrected chi connectivity index (χ3v) is 4.22. The van der Waals surface area contributed by atoms with Gasteiger partial charge in [-0.3, -0.25) is 4.79 Å². The molecule has 0 aliphatic rings. The van der Waals surface area contributed by atoms with Gasteiger partial charge in [0.05, 0.1) is 16.1 Å². The van der Waals surface area contributed by atoms with Crippen molar-refractivity contribution in [1.29, 1.82) is 0 Å². The van der Waals surface area contributed by atoms with Gasteiger partial charge in [-0.05, 0) is 46.6 Å². The topological polar surface area (TPSA) is 55.1 Å². The molecule has 1 amide bonds. The van der Waals surface area contributed by atoms with Crippen molar-refractivity contribution >= 4 is 39.1 Å². The minimum atomic E-state index is -0.198. The van der Waals surface area contributed by atoms with Crippen LogP contribution in [0.4, 0.5) is 5.69 Å². The number of hydrogen-bond donors (Lipinski definition) is 2. The Morgan fingerprint density at radius 3 is 2.65 bits per heavy atom. The highest BCUT2D eigenvalue weighted by Gasteiger charge is 2.16. The third kappa shape index (κ3) is 3.14. The fourth-order valence-electron chi connectivity index (χ4n) is 1.90. The second-order valence-electron chi connectivity index (χ2n) is 4.43. The predicted octanol–water partition coefficient (Wildman–Crippen LogP) is 4.18. The number of nitrogen functional groups attached to an aromatic ring is 1. The van der Waals surface area contributed by atoms with E-state index in [0.717, 1.165) is 5.56 Å². The van der Waals surface area contributed by atoms with Crippen LogP contribution in [0.1, 0.15) is 28.9 Å². The Bertz CT molecular complexity index is 646. The molecule has 5 heteroatoms. The van der Waals surface area contributed by atoms with E-state index in [1.165, 1.54) is 0 Å². The molecule has 0 radical (unpaired) electrons. The lowest BCUT2D eigenvalue weighted by Crippen LogP contribution is -2.27. The smallest absolute Gasteiger partial charge is 0.252 e. The van der Waals surface area contributed by atoms with Crippen LogP contribution in [0.15, 0.2) is 46.9 Å². The Morgan fingerprint density at radius 1 is 1.25 bits per heavy atom. The first-order valence-corrected chi connectivity index (χ1v) is 7.27. The highest BCUT2D eigenvalue weighted by molar-refractivity contribution is 9.10. The van der Waals surface area contributed by atoms with Gasteiger partial charge >= 0.3 is 0 Å². The summed E-state index contributed by atoms with van der Waals surface area (Å²) in [6, 6.07) is 12.4. The molecule has 1 unspecified atom stereocenters. The quantitative estimate of drug-likeness (QED) is 0.813. The Morgan fingerprint density at radius 2 is 1.95 bits per heavy atom. The number of carbonyl (C=O) groups excluding carboxylic acids is 1. The number of amides is 1. The number of carbonyl (C=O) groups is 1. The molecule has 2 rings (SSSR count). The van der Waals surface area contributed by atoms with Crippen LogP contribution in [-0.2, 0) is 0 Å². The van der Waals surface area contributed by atoms with Gasteiger partial charge in [-0.25, -0.2) is 0 Å². The second kappa shape index (κ2) is 6.29. The number of rotatable bonds is 3. The first-order valence-electron chi connectivity index (χ1n) is 6.10. The normalized spacial score (nSPS) is 11.9. The van der Waals surface area contributed by atoms with E-state index in [1.54, 1.807) is 24.3 Å². The van der Waals surface area contributed by atoms with Crippen molar-refractivity contribution in [3.63, 3.8) is 0 Å². The van der Waals surface area contributed by atoms with Crippen molar-refractivity contribution in [3.8, 4) is 0 Å². The highest BCUT2D eigenvalue weighted by Crippen LogP contribution is 2.26. The van der Waals surface area contributed by atoms with E-state index in [0.29, 0.717) is 20.7 Å². The van der Waals surface area contributed by atoms with E-state index in [-0.39, 0.29) is 11.9 Å². The molecule has 0 aliphatic carbocycles. The first-order chi connectivity index (χ1) is 9.50. The summed E-state index contributed by atoms with van der Waals surface area (Å²) >= 11 is 9.45. The summed E-state index contributed by atoms with van der Waals surface area (Å²) in [6.07, 6.45) is 0. The van der Waals surface area contributed by atoms with Gasteiger partial charge in [-0.1, -0.05) is 35.9 Å². The zero-order valence-corrected chi connectivity index (χ0v) is 13.2. The lowest BCUT2D eigenvalue weighted by Gasteiger charge is -2.16. The third-order valence-electron chi connectivity index (χ3n) is 2.99. The molecular formula is C15H14BrClN2O. The van der Waals surface area contributed by atoms with E-state index in [2.05, 4.69) is 21.2 Å². The molecule has 0 aliphatic heterocycles. The van der Waals surface area contributed by atoms with Gasteiger partial charge in [0, 0.05) is 10.7 Å². The van der Waals surface area contributed by atoms with Gasteiger partial charge < -0.3 is 11.1 Å². The van der Waals surface area contributed by atoms with Crippen molar-refractivity contribution in [2.75, 3.05) is 5.73 Å². The number of halogens is 2. The Labute approximate surface area is 131 Å². The molecule has 0 aromatic heterocycles. The highest BCUT2D eigenvalue weighted by atomic mass is 79.9. The van der Waals surface area contributed by atoms with Gasteiger partial charge in [-0.15, -0.1) is 0 Å². The first kappa shape index (κ1) is 14.9. The molecule has 2 aromatic carbocycles. The summed E-state index contributed by atoms with van der Waals surface area (Å²) in [6.45, 7) is 1.89. The molecule has 3 N–H and O–H groups in total. The molecule has 0 saturated carbocycles. The number of anilines is 1. The Hall–Kier alpha value is -1.52. The maximum atomic E-state index is 12.3. The van der Waals surface area contributed by atoms with Gasteiger partial charge in [0.15, 0.2) is 0 Å². The number of benzene rings is 2. The fraction of sp³-hybridized carbons (Fsp3) is 0.133. The number of nitrogens with one attached hydrogen (secondary N) is 1. The van der Waals surface area contributed by atoms with Gasteiger partial charge in [-0.2, -0.15) is 0 Å². The molecule has 104 valence electrons. The summed E-state index contributed by atoms with van der Waals surface area (Å²) in [7, 11) is 0. The van der Waals surface area contributed by atoms with Crippen LogP contribution in [-0.4, -0.2) is 5.91 Å². The van der Waals surface area contributed by atoms with Crippen LogP contribution in [0.5, 0.6) is 0 Å². The van der Waals surface area contributed by atoms with Crippen molar-refractivity contribution < 1.29 is 4.79 Å². The molecule has 1 atom stereocenters. The van der Waals surface area contributed by atoms with Crippen LogP contribution in [0.3, 0.4) is 0 Å². The van der Waals surface area contributed by atoms with Crippen LogP contribution < -0.4 is 11.1 Å². The summed E-state index contributed by atoms with van der Waals surface area (Å²) in [5, 5.41) is 3.54. The number of nitrogens with two attached hydrogens (primary N) is 1. The largest absolute Gasteiger partial charge is 0.398 e. The standard InChI is InChI=1S/C15H14BrClN2O/c1-9(10-5-2-3-7-12(10)17)19-15(20)11-6-4-8-13(18)14(11)16/h2-9H,18H2,1H3,(H,19,20). The minimum absolute atomic E-state index is 0.190. The average Bonchev–Trinajstić information content (AvgIpc) is 2.42. The van der Waals surface area contributed by atoms with Crippen molar-refractivity contribution in [3.05, 3.63) is 63.1 Å². The maximum Gasteiger partial charge on any atom is 0.252 e. The minimum Gasteiger partial charge on any atom is -0.398 e. The molecule has 0 spiro atoms. The van der Waals surface area contributed by atoms with Crippen molar-refractivity contribution in [2.24, 2.45) is 0 Å². The summed E-state index contributed by atoms with van der Waals surface area (Å²) in [5.41, 5.74) is 7.69. The molecule has 0 fully saturated rings. The van der Waals surface area contributed by atoms with E-state index in [1.807, 2.05) is 25.1 Å².